The molecule has 3 aliphatic rings. The summed E-state index contributed by atoms with van der Waals surface area (Å²) in [5.74, 6) is 1.21. The lowest BCUT2D eigenvalue weighted by Gasteiger charge is -2.43. The second-order valence-electron chi connectivity index (χ2n) is 7.60. The molecule has 1 aromatic heterocycles. The summed E-state index contributed by atoms with van der Waals surface area (Å²) in [6.07, 6.45) is 2.10. The van der Waals surface area contributed by atoms with Gasteiger partial charge in [-0.25, -0.2) is 0 Å². The lowest BCUT2D eigenvalue weighted by Crippen LogP contribution is -2.47. The van der Waals surface area contributed by atoms with E-state index in [1.165, 1.54) is 10.4 Å². The van der Waals surface area contributed by atoms with E-state index in [1.807, 2.05) is 60.4 Å². The summed E-state index contributed by atoms with van der Waals surface area (Å²) >= 11 is 0. The highest BCUT2D eigenvalue weighted by molar-refractivity contribution is 5.82. The zero-order valence-electron chi connectivity index (χ0n) is 15.2. The minimum Gasteiger partial charge on any atom is -0.331 e. The van der Waals surface area contributed by atoms with E-state index in [0.29, 0.717) is 11.7 Å². The van der Waals surface area contributed by atoms with Crippen LogP contribution in [0.2, 0.25) is 0 Å². The number of tetrazole rings is 1. The lowest BCUT2D eigenvalue weighted by molar-refractivity contribution is -0.139. The second-order valence-corrected chi connectivity index (χ2v) is 7.60. The predicted octanol–water partition coefficient (Wildman–Crippen LogP) is 3.05. The molecule has 2 aromatic carbocycles. The zero-order chi connectivity index (χ0) is 18.4. The summed E-state index contributed by atoms with van der Waals surface area (Å²) in [5.41, 5.74) is 1.98. The van der Waals surface area contributed by atoms with Crippen molar-refractivity contribution in [3.63, 3.8) is 0 Å². The van der Waals surface area contributed by atoms with E-state index in [2.05, 4.69) is 27.5 Å². The number of benzene rings is 2. The molecule has 0 radical (unpaired) electrons. The largest absolute Gasteiger partial charge is 0.331 e. The number of nitrogens with zero attached hydrogens (tertiary/aromatic N) is 5. The fourth-order valence-electron chi connectivity index (χ4n) is 4.53. The molecule has 2 bridgehead atoms. The Morgan fingerprint density at radius 1 is 1.07 bits per heavy atom. The topological polar surface area (TPSA) is 63.9 Å². The average Bonchev–Trinajstić information content (AvgIpc) is 3.41. The fourth-order valence-corrected chi connectivity index (χ4v) is 4.53. The minimum atomic E-state index is -0.477. The van der Waals surface area contributed by atoms with E-state index in [9.17, 15) is 4.79 Å². The molecule has 6 rings (SSSR count). The standard InChI is InChI=1S/C21H21N5O/c1-15(26-23-19(22-24-26)17-8-4-2-5-9-17)20(27)25-14-16-12-21(25,13-16)18-10-6-3-7-11-18/h2-11,15-16H,12-14H2,1H3. The molecule has 27 heavy (non-hydrogen) atoms. The summed E-state index contributed by atoms with van der Waals surface area (Å²) in [5, 5.41) is 12.7. The third-order valence-corrected chi connectivity index (χ3v) is 5.95. The first-order chi connectivity index (χ1) is 13.2. The highest BCUT2D eigenvalue weighted by Gasteiger charge is 2.59. The maximum absolute atomic E-state index is 13.3. The number of amides is 1. The van der Waals surface area contributed by atoms with Gasteiger partial charge in [-0.15, -0.1) is 10.2 Å². The monoisotopic (exact) mass is 359 g/mol. The molecule has 1 unspecified atom stereocenters. The van der Waals surface area contributed by atoms with Gasteiger partial charge in [0.25, 0.3) is 0 Å². The van der Waals surface area contributed by atoms with Crippen molar-refractivity contribution in [1.82, 2.24) is 25.1 Å². The molecule has 3 fully saturated rings. The van der Waals surface area contributed by atoms with Crippen molar-refractivity contribution in [1.29, 1.82) is 0 Å². The molecule has 0 spiro atoms. The van der Waals surface area contributed by atoms with Crippen LogP contribution in [0.4, 0.5) is 0 Å². The van der Waals surface area contributed by atoms with Crippen molar-refractivity contribution in [2.45, 2.75) is 31.3 Å². The van der Waals surface area contributed by atoms with Gasteiger partial charge in [-0.1, -0.05) is 60.7 Å². The van der Waals surface area contributed by atoms with Gasteiger partial charge in [0.1, 0.15) is 6.04 Å². The van der Waals surface area contributed by atoms with Crippen LogP contribution in [0.15, 0.2) is 60.7 Å². The molecule has 0 N–H and O–H groups in total. The van der Waals surface area contributed by atoms with Gasteiger partial charge in [-0.2, -0.15) is 4.80 Å². The van der Waals surface area contributed by atoms with E-state index in [0.717, 1.165) is 24.9 Å². The number of carbonyl (C=O) groups excluding carboxylic acids is 1. The van der Waals surface area contributed by atoms with Crippen molar-refractivity contribution in [3.8, 4) is 11.4 Å². The van der Waals surface area contributed by atoms with Gasteiger partial charge in [0.15, 0.2) is 0 Å². The third kappa shape index (κ3) is 2.47. The molecular formula is C21H21N5O. The van der Waals surface area contributed by atoms with Gasteiger partial charge < -0.3 is 4.90 Å². The average molecular weight is 359 g/mol. The summed E-state index contributed by atoms with van der Waals surface area (Å²) < 4.78 is 0. The van der Waals surface area contributed by atoms with Gasteiger partial charge in [-0.05, 0) is 36.5 Å². The van der Waals surface area contributed by atoms with Gasteiger partial charge >= 0.3 is 0 Å². The normalized spacial score (nSPS) is 24.5. The Morgan fingerprint density at radius 2 is 1.74 bits per heavy atom. The predicted molar refractivity (Wildman–Crippen MR) is 101 cm³/mol. The lowest BCUT2D eigenvalue weighted by atomic mass is 9.69. The Kier molecular flexibility index (Phi) is 3.60. The number of hydrogen-bond acceptors (Lipinski definition) is 4. The first-order valence-corrected chi connectivity index (χ1v) is 9.39. The van der Waals surface area contributed by atoms with Crippen molar-refractivity contribution in [3.05, 3.63) is 66.2 Å². The van der Waals surface area contributed by atoms with E-state index in [-0.39, 0.29) is 11.4 Å². The Balaban J connectivity index is 1.41. The number of carbonyl (C=O) groups is 1. The first-order valence-electron chi connectivity index (χ1n) is 9.39. The number of hydrogen-bond donors (Lipinski definition) is 0. The van der Waals surface area contributed by atoms with E-state index in [1.54, 1.807) is 0 Å². The summed E-state index contributed by atoms with van der Waals surface area (Å²) in [7, 11) is 0. The van der Waals surface area contributed by atoms with E-state index in [4.69, 9.17) is 0 Å². The molecule has 6 heteroatoms. The first kappa shape index (κ1) is 16.2. The van der Waals surface area contributed by atoms with Gasteiger partial charge in [-0.3, -0.25) is 4.79 Å². The minimum absolute atomic E-state index is 0.0656. The second kappa shape index (κ2) is 6.01. The fraction of sp³-hybridized carbons (Fsp3) is 0.333. The molecule has 1 atom stereocenters. The Labute approximate surface area is 157 Å². The summed E-state index contributed by atoms with van der Waals surface area (Å²) in [4.78, 5) is 16.8. The van der Waals surface area contributed by atoms with Crippen molar-refractivity contribution in [2.75, 3.05) is 6.54 Å². The SMILES string of the molecule is CC(C(=O)N1CC2CC1(c1ccccc1)C2)n1nnc(-c2ccccc2)n1. The number of rotatable bonds is 4. The molecule has 6 nitrogen and oxygen atoms in total. The van der Waals surface area contributed by atoms with Crippen LogP contribution in [-0.2, 0) is 10.3 Å². The quantitative estimate of drug-likeness (QED) is 0.718. The zero-order valence-corrected chi connectivity index (χ0v) is 15.2. The molecule has 2 aliphatic heterocycles. The highest BCUT2D eigenvalue weighted by Crippen LogP contribution is 2.57. The third-order valence-electron chi connectivity index (χ3n) is 5.95. The van der Waals surface area contributed by atoms with Crippen LogP contribution >= 0.6 is 0 Å². The molecule has 136 valence electrons. The Bertz CT molecular complexity index is 963. The Hall–Kier alpha value is -3.02. The van der Waals surface area contributed by atoms with Crippen LogP contribution in [-0.4, -0.2) is 37.6 Å². The highest BCUT2D eigenvalue weighted by atomic mass is 16.2. The van der Waals surface area contributed by atoms with Crippen LogP contribution in [0.1, 0.15) is 31.4 Å². The van der Waals surface area contributed by atoms with E-state index >= 15 is 0 Å². The number of aromatic nitrogens is 4. The molecular weight excluding hydrogens is 338 g/mol. The summed E-state index contributed by atoms with van der Waals surface area (Å²) in [6, 6.07) is 19.6. The van der Waals surface area contributed by atoms with Gasteiger partial charge in [0.2, 0.25) is 11.7 Å². The molecule has 2 saturated heterocycles. The van der Waals surface area contributed by atoms with Crippen LogP contribution in [0, 0.1) is 5.92 Å². The van der Waals surface area contributed by atoms with Crippen LogP contribution < -0.4 is 0 Å². The molecule has 1 amide bonds. The van der Waals surface area contributed by atoms with Crippen LogP contribution in [0.5, 0.6) is 0 Å². The molecule has 1 aliphatic carbocycles. The van der Waals surface area contributed by atoms with Gasteiger partial charge in [0, 0.05) is 12.1 Å². The van der Waals surface area contributed by atoms with Crippen LogP contribution in [0.3, 0.4) is 0 Å². The van der Waals surface area contributed by atoms with Crippen molar-refractivity contribution >= 4 is 5.91 Å². The van der Waals surface area contributed by atoms with Crippen molar-refractivity contribution < 1.29 is 4.79 Å². The molecule has 3 aromatic rings. The van der Waals surface area contributed by atoms with Crippen LogP contribution in [0.25, 0.3) is 11.4 Å². The smallest absolute Gasteiger partial charge is 0.249 e. The molecule has 1 saturated carbocycles. The number of fused-ring (bicyclic) bond motifs is 1. The summed E-state index contributed by atoms with van der Waals surface area (Å²) in [6.45, 7) is 2.67. The Morgan fingerprint density at radius 3 is 2.44 bits per heavy atom. The van der Waals surface area contributed by atoms with Crippen molar-refractivity contribution in [2.24, 2.45) is 5.92 Å². The maximum atomic E-state index is 13.3. The maximum Gasteiger partial charge on any atom is 0.249 e. The molecule has 3 heterocycles. The van der Waals surface area contributed by atoms with E-state index < -0.39 is 6.04 Å². The van der Waals surface area contributed by atoms with Gasteiger partial charge in [0.05, 0.1) is 5.54 Å².